The van der Waals surface area contributed by atoms with Gasteiger partial charge in [-0.3, -0.25) is 14.4 Å². The van der Waals surface area contributed by atoms with E-state index < -0.39 is 35.7 Å². The maximum absolute atomic E-state index is 12.7. The van der Waals surface area contributed by atoms with Gasteiger partial charge in [-0.05, 0) is 45.0 Å². The monoisotopic (exact) mass is 770 g/mol. The van der Waals surface area contributed by atoms with Crippen molar-refractivity contribution >= 4 is 57.4 Å². The number of carbonyl (C=O) groups excluding carboxylic acids is 4. The molecule has 12 nitrogen and oxygen atoms in total. The molecular formula is C27H43IN6O6S3. The number of alkyl carbamates (subject to hydrolysis) is 1. The highest BCUT2D eigenvalue weighted by Crippen LogP contribution is 2.25. The van der Waals surface area contributed by atoms with Gasteiger partial charge in [-0.2, -0.15) is 0 Å². The summed E-state index contributed by atoms with van der Waals surface area (Å²) in [7, 11) is 0.352. The number of thiazole rings is 2. The number of halogens is 1. The number of aliphatic hydroxyl groups excluding tert-OH is 1. The molecule has 2 rings (SSSR count). The van der Waals surface area contributed by atoms with E-state index in [0.717, 1.165) is 17.2 Å². The first-order valence-electron chi connectivity index (χ1n) is 13.7. The minimum absolute atomic E-state index is 0. The summed E-state index contributed by atoms with van der Waals surface area (Å²) in [5.41, 5.74) is 0.425. The molecule has 0 saturated heterocycles. The molecule has 4 amide bonds. The fraction of sp³-hybridized carbons (Fsp3) is 0.630. The quantitative estimate of drug-likeness (QED) is 0.0831. The van der Waals surface area contributed by atoms with E-state index in [1.54, 1.807) is 26.2 Å². The fourth-order valence-corrected chi connectivity index (χ4v) is 5.82. The zero-order chi connectivity index (χ0) is 31.3. The van der Waals surface area contributed by atoms with Crippen molar-refractivity contribution in [3.05, 3.63) is 21.5 Å². The van der Waals surface area contributed by atoms with Crippen LogP contribution in [0.4, 0.5) is 4.79 Å². The van der Waals surface area contributed by atoms with Crippen LogP contribution >= 0.6 is 22.7 Å². The minimum atomic E-state index is -1.12. The molecule has 43 heavy (non-hydrogen) atoms. The van der Waals surface area contributed by atoms with Gasteiger partial charge < -0.3 is 55.1 Å². The Labute approximate surface area is 281 Å². The Balaban J connectivity index is 0.00000924. The number of nitrogens with one attached hydrogen (secondary N) is 4. The lowest BCUT2D eigenvalue weighted by Gasteiger charge is -2.21. The van der Waals surface area contributed by atoms with E-state index in [2.05, 4.69) is 43.7 Å². The molecule has 2 heterocycles. The number of aliphatic hydroxyl groups is 1. The summed E-state index contributed by atoms with van der Waals surface area (Å²) < 4.78 is 5.14. The van der Waals surface area contributed by atoms with Crippen molar-refractivity contribution in [2.45, 2.75) is 71.1 Å². The smallest absolute Gasteiger partial charge is 0.407 e. The van der Waals surface area contributed by atoms with Crippen LogP contribution in [0.1, 0.15) is 62.5 Å². The molecule has 0 aliphatic carbocycles. The van der Waals surface area contributed by atoms with Crippen LogP contribution < -0.4 is 45.2 Å². The Morgan fingerprint density at radius 2 is 1.70 bits per heavy atom. The first-order chi connectivity index (χ1) is 19.7. The Hall–Kier alpha value is -2.02. The predicted molar refractivity (Wildman–Crippen MR) is 168 cm³/mol. The molecule has 0 aliphatic heterocycles. The Bertz CT molecular complexity index is 1180. The van der Waals surface area contributed by atoms with Gasteiger partial charge in [0.1, 0.15) is 33.8 Å². The van der Waals surface area contributed by atoms with Crippen LogP contribution in [0.2, 0.25) is 0 Å². The molecule has 0 saturated carbocycles. The topological polar surface area (TPSA) is 172 Å². The number of rotatable bonds is 16. The number of ether oxygens (including phenoxy) is 1. The second-order valence-electron chi connectivity index (χ2n) is 10.8. The molecule has 0 unspecified atom stereocenters. The summed E-state index contributed by atoms with van der Waals surface area (Å²) in [4.78, 5) is 58.0. The molecule has 2 aromatic rings. The van der Waals surface area contributed by atoms with E-state index in [1.807, 2.05) is 5.38 Å². The number of nitrogens with zero attached hydrogens (tertiary/aromatic N) is 2. The average Bonchev–Trinajstić information content (AvgIpc) is 3.56. The molecular weight excluding hydrogens is 727 g/mol. The van der Waals surface area contributed by atoms with Crippen molar-refractivity contribution in [2.75, 3.05) is 37.9 Å². The summed E-state index contributed by atoms with van der Waals surface area (Å²) in [5.74, 6) is -0.0410. The van der Waals surface area contributed by atoms with Crippen LogP contribution in [0, 0.1) is 0 Å². The number of hydrogen-bond acceptors (Lipinski definition) is 10. The number of aromatic nitrogens is 2. The van der Waals surface area contributed by atoms with Crippen LogP contribution in [-0.4, -0.2) is 94.5 Å². The lowest BCUT2D eigenvalue weighted by molar-refractivity contribution is -0.131. The van der Waals surface area contributed by atoms with Crippen LogP contribution in [0.5, 0.6) is 0 Å². The van der Waals surface area contributed by atoms with Gasteiger partial charge in [0.15, 0.2) is 0 Å². The molecule has 0 fully saturated rings. The first-order valence-corrected chi connectivity index (χ1v) is 17.7. The zero-order valence-corrected chi connectivity index (χ0v) is 30.1. The van der Waals surface area contributed by atoms with Gasteiger partial charge in [-0.15, -0.1) is 22.7 Å². The number of carbonyl (C=O) groups is 4. The first kappa shape index (κ1) is 39.0. The van der Waals surface area contributed by atoms with Gasteiger partial charge in [0, 0.05) is 49.7 Å². The second-order valence-corrected chi connectivity index (χ2v) is 15.0. The minimum Gasteiger partial charge on any atom is -1.00 e. The van der Waals surface area contributed by atoms with Gasteiger partial charge in [-0.25, -0.2) is 14.8 Å². The normalized spacial score (nSPS) is 12.6. The number of hydrogen-bond donors (Lipinski definition) is 5. The molecule has 0 aliphatic rings. The highest BCUT2D eigenvalue weighted by atomic mass is 127. The summed E-state index contributed by atoms with van der Waals surface area (Å²) in [6.45, 7) is 7.81. The third kappa shape index (κ3) is 15.5. The third-order valence-electron chi connectivity index (χ3n) is 5.49. The van der Waals surface area contributed by atoms with Crippen molar-refractivity contribution in [3.63, 3.8) is 0 Å². The van der Waals surface area contributed by atoms with Crippen molar-refractivity contribution in [1.82, 2.24) is 31.2 Å². The summed E-state index contributed by atoms with van der Waals surface area (Å²) in [5, 5.41) is 25.8. The van der Waals surface area contributed by atoms with Gasteiger partial charge in [0.05, 0.1) is 23.6 Å². The van der Waals surface area contributed by atoms with E-state index in [0.29, 0.717) is 46.7 Å². The van der Waals surface area contributed by atoms with Gasteiger partial charge in [0.2, 0.25) is 11.8 Å². The van der Waals surface area contributed by atoms with Gasteiger partial charge in [-0.1, -0.05) is 0 Å². The van der Waals surface area contributed by atoms with E-state index in [9.17, 15) is 24.3 Å². The fourth-order valence-electron chi connectivity index (χ4n) is 3.48. The van der Waals surface area contributed by atoms with Gasteiger partial charge >= 0.3 is 6.09 Å². The van der Waals surface area contributed by atoms with Crippen LogP contribution in [0.15, 0.2) is 10.8 Å². The standard InChI is InChI=1S/C27H42N6O6S3.HI/c1-17(34)22(33-20(35)9-7-11-30-26(38)39-27(2,3)4)24(37)29-13-10-21-31-19(16-40-21)25-32-18(15-41-25)23(36)28-12-8-14-42(5)6;/h15-17,22,34H,7-14H2,1-6H3,(H3-,28,29,30,33,35,36,37,38);1H/t17-,22+;/m1./s1. The Morgan fingerprint density at radius 3 is 2.35 bits per heavy atom. The Morgan fingerprint density at radius 1 is 1.00 bits per heavy atom. The molecule has 5 N–H and O–H groups in total. The summed E-state index contributed by atoms with van der Waals surface area (Å²) >= 11 is 2.77. The van der Waals surface area contributed by atoms with Crippen molar-refractivity contribution in [3.8, 4) is 10.7 Å². The highest BCUT2D eigenvalue weighted by molar-refractivity contribution is 7.95. The summed E-state index contributed by atoms with van der Waals surface area (Å²) in [6.07, 6.45) is 4.47. The van der Waals surface area contributed by atoms with Gasteiger partial charge in [0.25, 0.3) is 5.91 Å². The lowest BCUT2D eigenvalue weighted by Crippen LogP contribution is -3.00. The molecule has 0 bridgehead atoms. The molecule has 2 aromatic heterocycles. The maximum atomic E-state index is 12.7. The van der Waals surface area contributed by atoms with E-state index in [-0.39, 0.29) is 49.4 Å². The number of amides is 4. The molecule has 0 radical (unpaired) electrons. The highest BCUT2D eigenvalue weighted by Gasteiger charge is 2.25. The molecule has 0 spiro atoms. The molecule has 2 atom stereocenters. The third-order valence-corrected chi connectivity index (χ3v) is 8.37. The largest absolute Gasteiger partial charge is 1.00 e. The zero-order valence-electron chi connectivity index (χ0n) is 25.5. The van der Waals surface area contributed by atoms with Crippen LogP contribution in [0.25, 0.3) is 10.7 Å². The summed E-state index contributed by atoms with van der Waals surface area (Å²) in [6, 6.07) is -1.12. The van der Waals surface area contributed by atoms with Crippen LogP contribution in [0.3, 0.4) is 0 Å². The van der Waals surface area contributed by atoms with E-state index in [1.165, 1.54) is 29.6 Å². The predicted octanol–water partition coefficient (Wildman–Crippen LogP) is -0.902. The van der Waals surface area contributed by atoms with E-state index >= 15 is 0 Å². The average molecular weight is 771 g/mol. The molecule has 0 aromatic carbocycles. The molecule has 242 valence electrons. The second kappa shape index (κ2) is 19.4. The lowest BCUT2D eigenvalue weighted by atomic mass is 10.1. The maximum Gasteiger partial charge on any atom is 0.407 e. The van der Waals surface area contributed by atoms with Crippen molar-refractivity contribution < 1.29 is 53.0 Å². The molecule has 16 heteroatoms. The van der Waals surface area contributed by atoms with Crippen LogP contribution in [-0.2, 0) is 31.6 Å². The van der Waals surface area contributed by atoms with Crippen molar-refractivity contribution in [1.29, 1.82) is 0 Å². The Kier molecular flexibility index (Phi) is 17.6. The SMILES string of the molecule is C[C@@H](O)[C@H](NC(=O)CCCNC(=O)OC(C)(C)C)C(=O)NCCc1nc(-c2nc(C(=O)NCCC[S+](C)C)cs2)cs1.[I-]. The van der Waals surface area contributed by atoms with E-state index in [4.69, 9.17) is 4.74 Å². The van der Waals surface area contributed by atoms with Crippen molar-refractivity contribution in [2.24, 2.45) is 0 Å².